The predicted octanol–water partition coefficient (Wildman–Crippen LogP) is 2.19. The predicted molar refractivity (Wildman–Crippen MR) is 92.8 cm³/mol. The van der Waals surface area contributed by atoms with Gasteiger partial charge in [0.15, 0.2) is 0 Å². The van der Waals surface area contributed by atoms with Crippen molar-refractivity contribution in [2.75, 3.05) is 0 Å². The van der Waals surface area contributed by atoms with Crippen LogP contribution in [0.1, 0.15) is 20.8 Å². The van der Waals surface area contributed by atoms with Gasteiger partial charge in [-0.05, 0) is 18.2 Å². The molecule has 0 unspecified atom stereocenters. The van der Waals surface area contributed by atoms with Gasteiger partial charge in [0, 0.05) is 17.1 Å². The summed E-state index contributed by atoms with van der Waals surface area (Å²) in [5.41, 5.74) is 7.48. The topological polar surface area (TPSA) is 99.8 Å². The van der Waals surface area contributed by atoms with Crippen LogP contribution >= 0.6 is 0 Å². The summed E-state index contributed by atoms with van der Waals surface area (Å²) in [7, 11) is 0. The van der Waals surface area contributed by atoms with E-state index in [0.717, 1.165) is 10.9 Å². The number of carbonyl (C=O) groups is 2. The molecule has 0 aliphatic carbocycles. The molecule has 7 heteroatoms. The van der Waals surface area contributed by atoms with E-state index in [4.69, 9.17) is 0 Å². The molecule has 2 aromatic carbocycles. The molecule has 0 saturated heterocycles. The average molecular weight is 331 g/mol. The molecule has 0 aliphatic rings. The number of hydrogen-bond donors (Lipinski definition) is 3. The summed E-state index contributed by atoms with van der Waals surface area (Å²) in [6.45, 7) is 0. The second-order valence-electron chi connectivity index (χ2n) is 5.40. The van der Waals surface area contributed by atoms with E-state index >= 15 is 0 Å². The van der Waals surface area contributed by atoms with E-state index in [1.54, 1.807) is 12.3 Å². The number of hydrogen-bond acceptors (Lipinski definition) is 4. The lowest BCUT2D eigenvalue weighted by Crippen LogP contribution is -2.41. The van der Waals surface area contributed by atoms with Gasteiger partial charge in [0.2, 0.25) is 0 Å². The zero-order valence-corrected chi connectivity index (χ0v) is 13.0. The minimum absolute atomic E-state index is 0.123. The first-order valence-corrected chi connectivity index (χ1v) is 7.61. The Balaban J connectivity index is 1.50. The Morgan fingerprint density at radius 3 is 2.48 bits per heavy atom. The Hall–Kier alpha value is -3.74. The lowest BCUT2D eigenvalue weighted by molar-refractivity contribution is 0.0845. The van der Waals surface area contributed by atoms with Crippen LogP contribution in [0.2, 0.25) is 0 Å². The van der Waals surface area contributed by atoms with Gasteiger partial charge in [0.1, 0.15) is 5.69 Å². The third-order valence-corrected chi connectivity index (χ3v) is 3.80. The number of benzene rings is 2. The van der Waals surface area contributed by atoms with Crippen molar-refractivity contribution in [1.29, 1.82) is 0 Å². The van der Waals surface area contributed by atoms with Crippen LogP contribution in [0.15, 0.2) is 60.9 Å². The van der Waals surface area contributed by atoms with E-state index in [-0.39, 0.29) is 5.69 Å². The summed E-state index contributed by atoms with van der Waals surface area (Å²) in [6, 6.07) is 14.7. The van der Waals surface area contributed by atoms with Crippen molar-refractivity contribution < 1.29 is 9.59 Å². The summed E-state index contributed by atoms with van der Waals surface area (Å²) in [5.74, 6) is -0.953. The number of H-pyrrole nitrogens is 1. The van der Waals surface area contributed by atoms with Crippen LogP contribution in [0, 0.1) is 0 Å². The van der Waals surface area contributed by atoms with Crippen molar-refractivity contribution in [3.63, 3.8) is 0 Å². The minimum Gasteiger partial charge on any atom is -0.360 e. The molecule has 0 aliphatic heterocycles. The molecule has 25 heavy (non-hydrogen) atoms. The molecule has 0 atom stereocenters. The molecule has 122 valence electrons. The van der Waals surface area contributed by atoms with Gasteiger partial charge >= 0.3 is 0 Å². The van der Waals surface area contributed by atoms with Crippen LogP contribution in [0.25, 0.3) is 21.9 Å². The van der Waals surface area contributed by atoms with Gasteiger partial charge < -0.3 is 4.98 Å². The van der Waals surface area contributed by atoms with Gasteiger partial charge in [-0.15, -0.1) is 0 Å². The lowest BCUT2D eigenvalue weighted by atomic mass is 10.2. The molecule has 0 spiro atoms. The zero-order chi connectivity index (χ0) is 17.2. The highest BCUT2D eigenvalue weighted by Crippen LogP contribution is 2.17. The highest BCUT2D eigenvalue weighted by Gasteiger charge is 2.14. The molecular formula is C18H13N5O2. The Morgan fingerprint density at radius 1 is 0.880 bits per heavy atom. The van der Waals surface area contributed by atoms with Gasteiger partial charge in [-0.2, -0.15) is 0 Å². The number of aromatic nitrogens is 3. The van der Waals surface area contributed by atoms with Crippen molar-refractivity contribution in [3.05, 3.63) is 72.2 Å². The first kappa shape index (κ1) is 14.8. The van der Waals surface area contributed by atoms with Crippen molar-refractivity contribution >= 4 is 33.8 Å². The monoisotopic (exact) mass is 331 g/mol. The molecule has 0 bridgehead atoms. The summed E-state index contributed by atoms with van der Waals surface area (Å²) in [6.07, 6.45) is 2.97. The number of para-hydroxylation sites is 3. The van der Waals surface area contributed by atoms with Gasteiger partial charge in [-0.3, -0.25) is 25.4 Å². The molecule has 2 heterocycles. The van der Waals surface area contributed by atoms with E-state index in [2.05, 4.69) is 25.8 Å². The fourth-order valence-corrected chi connectivity index (χ4v) is 2.57. The number of aromatic amines is 1. The Kier molecular flexibility index (Phi) is 3.59. The van der Waals surface area contributed by atoms with Crippen molar-refractivity contribution in [2.24, 2.45) is 0 Å². The normalized spacial score (nSPS) is 10.7. The third kappa shape index (κ3) is 2.78. The van der Waals surface area contributed by atoms with E-state index < -0.39 is 11.8 Å². The summed E-state index contributed by atoms with van der Waals surface area (Å²) in [4.78, 5) is 35.9. The van der Waals surface area contributed by atoms with Crippen molar-refractivity contribution in [2.45, 2.75) is 0 Å². The first-order chi connectivity index (χ1) is 12.2. The molecule has 0 fully saturated rings. The smallest absolute Gasteiger partial charge is 0.289 e. The molecule has 0 saturated carbocycles. The highest BCUT2D eigenvalue weighted by atomic mass is 16.2. The number of nitrogens with zero attached hydrogens (tertiary/aromatic N) is 2. The second-order valence-corrected chi connectivity index (χ2v) is 5.40. The molecule has 7 nitrogen and oxygen atoms in total. The molecule has 0 radical (unpaired) electrons. The number of nitrogens with one attached hydrogen (secondary N) is 3. The van der Waals surface area contributed by atoms with Crippen LogP contribution in [0.5, 0.6) is 0 Å². The van der Waals surface area contributed by atoms with Crippen LogP contribution < -0.4 is 10.9 Å². The number of fused-ring (bicyclic) bond motifs is 2. The fourth-order valence-electron chi connectivity index (χ4n) is 2.57. The molecule has 4 aromatic rings. The molecule has 2 aromatic heterocycles. The van der Waals surface area contributed by atoms with Gasteiger partial charge in [0.25, 0.3) is 11.8 Å². The standard InChI is InChI=1S/C18H13N5O2/c24-17(12-9-19-13-6-2-1-5-11(12)13)22-23-18(25)16-10-20-14-7-3-4-8-15(14)21-16/h1-10,19H,(H,22,24)(H,23,25). The van der Waals surface area contributed by atoms with E-state index in [9.17, 15) is 9.59 Å². The number of hydrazine groups is 1. The first-order valence-electron chi connectivity index (χ1n) is 7.61. The summed E-state index contributed by atoms with van der Waals surface area (Å²) in [5, 5.41) is 0.778. The molecule has 3 N–H and O–H groups in total. The van der Waals surface area contributed by atoms with Gasteiger partial charge in [0.05, 0.1) is 22.8 Å². The Bertz CT molecular complexity index is 1100. The van der Waals surface area contributed by atoms with Crippen molar-refractivity contribution in [1.82, 2.24) is 25.8 Å². The van der Waals surface area contributed by atoms with Gasteiger partial charge in [-0.1, -0.05) is 30.3 Å². The van der Waals surface area contributed by atoms with Crippen LogP contribution in [0.4, 0.5) is 0 Å². The second kappa shape index (κ2) is 6.04. The summed E-state index contributed by atoms with van der Waals surface area (Å²) < 4.78 is 0. The number of amides is 2. The fraction of sp³-hybridized carbons (Fsp3) is 0. The number of carbonyl (C=O) groups excluding carboxylic acids is 2. The molecule has 4 rings (SSSR count). The molecular weight excluding hydrogens is 318 g/mol. The highest BCUT2D eigenvalue weighted by molar-refractivity contribution is 6.07. The average Bonchev–Trinajstić information content (AvgIpc) is 3.09. The maximum Gasteiger partial charge on any atom is 0.289 e. The van der Waals surface area contributed by atoms with Crippen LogP contribution in [0.3, 0.4) is 0 Å². The van der Waals surface area contributed by atoms with E-state index in [1.165, 1.54) is 6.20 Å². The van der Waals surface area contributed by atoms with E-state index in [0.29, 0.717) is 16.6 Å². The third-order valence-electron chi connectivity index (χ3n) is 3.80. The zero-order valence-electron chi connectivity index (χ0n) is 13.0. The van der Waals surface area contributed by atoms with Crippen molar-refractivity contribution in [3.8, 4) is 0 Å². The largest absolute Gasteiger partial charge is 0.360 e. The Morgan fingerprint density at radius 2 is 1.60 bits per heavy atom. The summed E-state index contributed by atoms with van der Waals surface area (Å²) >= 11 is 0. The van der Waals surface area contributed by atoms with E-state index in [1.807, 2.05) is 42.5 Å². The number of rotatable bonds is 2. The molecule has 2 amide bonds. The van der Waals surface area contributed by atoms with Crippen LogP contribution in [-0.4, -0.2) is 26.8 Å². The van der Waals surface area contributed by atoms with Gasteiger partial charge in [-0.25, -0.2) is 4.98 Å². The minimum atomic E-state index is -0.536. The SMILES string of the molecule is O=C(NNC(=O)c1c[nH]c2ccccc12)c1cnc2ccccc2n1. The maximum atomic E-state index is 12.3. The maximum absolute atomic E-state index is 12.3. The lowest BCUT2D eigenvalue weighted by Gasteiger charge is -2.06. The Labute approximate surface area is 142 Å². The van der Waals surface area contributed by atoms with Crippen LogP contribution in [-0.2, 0) is 0 Å². The quantitative estimate of drug-likeness (QED) is 0.490.